The van der Waals surface area contributed by atoms with Crippen molar-refractivity contribution in [2.45, 2.75) is 33.7 Å². The summed E-state index contributed by atoms with van der Waals surface area (Å²) in [5, 5.41) is 2.84. The molecule has 1 aromatic carbocycles. The highest BCUT2D eigenvalue weighted by molar-refractivity contribution is 5.84. The van der Waals surface area contributed by atoms with Crippen LogP contribution in [0, 0.1) is 13.8 Å². The van der Waals surface area contributed by atoms with Gasteiger partial charge in [0.05, 0.1) is 17.4 Å². The van der Waals surface area contributed by atoms with Crippen LogP contribution in [-0.2, 0) is 4.79 Å². The fraction of sp³-hybridized carbons (Fsp3) is 0.429. The first-order valence-electron chi connectivity index (χ1n) is 6.26. The molecule has 0 aliphatic carbocycles. The zero-order chi connectivity index (χ0) is 13.3. The average Bonchev–Trinajstić information content (AvgIpc) is 2.72. The van der Waals surface area contributed by atoms with Crippen LogP contribution < -0.4 is 5.32 Å². The van der Waals surface area contributed by atoms with Crippen molar-refractivity contribution in [2.24, 2.45) is 0 Å². The van der Waals surface area contributed by atoms with E-state index in [0.717, 1.165) is 11.0 Å². The Labute approximate surface area is 107 Å². The lowest BCUT2D eigenvalue weighted by Crippen LogP contribution is -2.30. The minimum absolute atomic E-state index is 0.0232. The second-order valence-electron chi connectivity index (χ2n) is 4.65. The molecule has 2 rings (SSSR count). The summed E-state index contributed by atoms with van der Waals surface area (Å²) in [6, 6.07) is 3.91. The van der Waals surface area contributed by atoms with Crippen LogP contribution in [0.5, 0.6) is 0 Å². The summed E-state index contributed by atoms with van der Waals surface area (Å²) in [7, 11) is 0. The summed E-state index contributed by atoms with van der Waals surface area (Å²) < 4.78 is 1.92. The molecule has 4 nitrogen and oxygen atoms in total. The van der Waals surface area contributed by atoms with Crippen LogP contribution in [0.2, 0.25) is 0 Å². The van der Waals surface area contributed by atoms with Gasteiger partial charge in [-0.05, 0) is 51.0 Å². The van der Waals surface area contributed by atoms with E-state index in [-0.39, 0.29) is 11.9 Å². The Morgan fingerprint density at radius 1 is 1.39 bits per heavy atom. The number of nitrogens with zero attached hydrogens (tertiary/aromatic N) is 2. The number of hydrogen-bond donors (Lipinski definition) is 1. The maximum atomic E-state index is 11.9. The number of aromatic nitrogens is 2. The second kappa shape index (κ2) is 4.80. The van der Waals surface area contributed by atoms with Gasteiger partial charge in [0.15, 0.2) is 0 Å². The van der Waals surface area contributed by atoms with Gasteiger partial charge in [-0.2, -0.15) is 0 Å². The predicted octanol–water partition coefficient (Wildman–Crippen LogP) is 2.35. The lowest BCUT2D eigenvalue weighted by atomic mass is 10.1. The fourth-order valence-electron chi connectivity index (χ4n) is 2.04. The highest BCUT2D eigenvalue weighted by Crippen LogP contribution is 2.21. The topological polar surface area (TPSA) is 46.9 Å². The first kappa shape index (κ1) is 12.6. The molecule has 4 heteroatoms. The van der Waals surface area contributed by atoms with Crippen LogP contribution in [-0.4, -0.2) is 22.0 Å². The van der Waals surface area contributed by atoms with Crippen molar-refractivity contribution in [1.29, 1.82) is 0 Å². The summed E-state index contributed by atoms with van der Waals surface area (Å²) >= 11 is 0. The maximum absolute atomic E-state index is 11.9. The number of imidazole rings is 1. The molecule has 1 heterocycles. The molecule has 0 radical (unpaired) electrons. The van der Waals surface area contributed by atoms with Crippen LogP contribution in [0.4, 0.5) is 0 Å². The first-order valence-corrected chi connectivity index (χ1v) is 6.26. The normalized spacial score (nSPS) is 12.7. The summed E-state index contributed by atoms with van der Waals surface area (Å²) in [4.78, 5) is 16.2. The Kier molecular flexibility index (Phi) is 3.36. The van der Waals surface area contributed by atoms with Crippen LogP contribution in [0.25, 0.3) is 11.0 Å². The molecule has 0 bridgehead atoms. The average molecular weight is 245 g/mol. The van der Waals surface area contributed by atoms with E-state index in [4.69, 9.17) is 0 Å². The molecule has 0 saturated carbocycles. The zero-order valence-corrected chi connectivity index (χ0v) is 11.3. The molecule has 1 amide bonds. The van der Waals surface area contributed by atoms with Gasteiger partial charge in [-0.25, -0.2) is 4.98 Å². The number of benzene rings is 1. The van der Waals surface area contributed by atoms with E-state index < -0.39 is 0 Å². The van der Waals surface area contributed by atoms with Crippen molar-refractivity contribution in [1.82, 2.24) is 14.9 Å². The van der Waals surface area contributed by atoms with Crippen molar-refractivity contribution in [2.75, 3.05) is 6.54 Å². The Bertz CT molecular complexity index is 586. The monoisotopic (exact) mass is 245 g/mol. The molecule has 0 saturated heterocycles. The van der Waals surface area contributed by atoms with Gasteiger partial charge in [-0.3, -0.25) is 4.79 Å². The second-order valence-corrected chi connectivity index (χ2v) is 4.65. The summed E-state index contributed by atoms with van der Waals surface area (Å²) in [5.74, 6) is 0.0232. The molecule has 0 fully saturated rings. The van der Waals surface area contributed by atoms with E-state index in [1.54, 1.807) is 6.33 Å². The van der Waals surface area contributed by atoms with Crippen LogP contribution in [0.3, 0.4) is 0 Å². The minimum atomic E-state index is -0.239. The van der Waals surface area contributed by atoms with Crippen LogP contribution in [0.15, 0.2) is 18.5 Å². The van der Waals surface area contributed by atoms with Crippen molar-refractivity contribution < 1.29 is 4.79 Å². The molecule has 0 spiro atoms. The molecule has 18 heavy (non-hydrogen) atoms. The third-order valence-electron chi connectivity index (χ3n) is 3.34. The Morgan fingerprint density at radius 2 is 2.06 bits per heavy atom. The smallest absolute Gasteiger partial charge is 0.242 e. The quantitative estimate of drug-likeness (QED) is 0.902. The molecular formula is C14H19N3O. The van der Waals surface area contributed by atoms with Gasteiger partial charge < -0.3 is 9.88 Å². The third-order valence-corrected chi connectivity index (χ3v) is 3.34. The highest BCUT2D eigenvalue weighted by atomic mass is 16.2. The fourth-order valence-corrected chi connectivity index (χ4v) is 2.04. The number of amides is 1. The van der Waals surface area contributed by atoms with Crippen molar-refractivity contribution in [3.8, 4) is 0 Å². The number of nitrogens with one attached hydrogen (secondary N) is 1. The number of aryl methyl sites for hydroxylation is 2. The van der Waals surface area contributed by atoms with E-state index in [2.05, 4.69) is 36.3 Å². The minimum Gasteiger partial charge on any atom is -0.355 e. The number of fused-ring (bicyclic) bond motifs is 1. The molecule has 2 aromatic rings. The Balaban J connectivity index is 2.46. The van der Waals surface area contributed by atoms with E-state index in [1.807, 2.05) is 18.4 Å². The summed E-state index contributed by atoms with van der Waals surface area (Å²) in [5.41, 5.74) is 4.39. The summed E-state index contributed by atoms with van der Waals surface area (Å²) in [6.07, 6.45) is 1.74. The summed E-state index contributed by atoms with van der Waals surface area (Å²) in [6.45, 7) is 8.60. The Morgan fingerprint density at radius 3 is 2.72 bits per heavy atom. The van der Waals surface area contributed by atoms with Gasteiger partial charge >= 0.3 is 0 Å². The van der Waals surface area contributed by atoms with E-state index in [9.17, 15) is 4.79 Å². The number of likely N-dealkylation sites (N-methyl/N-ethyl adjacent to an activating group) is 1. The van der Waals surface area contributed by atoms with Gasteiger partial charge in [-0.15, -0.1) is 0 Å². The maximum Gasteiger partial charge on any atom is 0.242 e. The molecule has 1 N–H and O–H groups in total. The molecule has 1 unspecified atom stereocenters. The van der Waals surface area contributed by atoms with Gasteiger partial charge in [0.2, 0.25) is 5.91 Å². The van der Waals surface area contributed by atoms with Crippen molar-refractivity contribution in [3.63, 3.8) is 0 Å². The molecular weight excluding hydrogens is 226 g/mol. The molecule has 96 valence electrons. The van der Waals surface area contributed by atoms with E-state index in [0.29, 0.717) is 6.54 Å². The largest absolute Gasteiger partial charge is 0.355 e. The number of carbonyl (C=O) groups excluding carboxylic acids is 1. The zero-order valence-electron chi connectivity index (χ0n) is 11.3. The van der Waals surface area contributed by atoms with E-state index in [1.165, 1.54) is 11.1 Å². The predicted molar refractivity (Wildman–Crippen MR) is 72.6 cm³/mol. The van der Waals surface area contributed by atoms with Crippen LogP contribution >= 0.6 is 0 Å². The lowest BCUT2D eigenvalue weighted by molar-refractivity contribution is -0.123. The Hall–Kier alpha value is -1.84. The molecule has 0 aliphatic heterocycles. The standard InChI is InChI=1S/C14H19N3O/c1-5-15-14(18)11(4)17-8-16-12-6-9(2)10(3)7-13(12)17/h6-8,11H,5H2,1-4H3,(H,15,18). The van der Waals surface area contributed by atoms with Gasteiger partial charge in [0.25, 0.3) is 0 Å². The molecule has 1 atom stereocenters. The van der Waals surface area contributed by atoms with Gasteiger partial charge in [-0.1, -0.05) is 0 Å². The first-order chi connectivity index (χ1) is 8.54. The van der Waals surface area contributed by atoms with Gasteiger partial charge in [0.1, 0.15) is 6.04 Å². The highest BCUT2D eigenvalue weighted by Gasteiger charge is 2.16. The van der Waals surface area contributed by atoms with E-state index >= 15 is 0 Å². The molecule has 1 aromatic heterocycles. The lowest BCUT2D eigenvalue weighted by Gasteiger charge is -2.14. The number of rotatable bonds is 3. The van der Waals surface area contributed by atoms with Crippen LogP contribution in [0.1, 0.15) is 31.0 Å². The molecule has 0 aliphatic rings. The van der Waals surface area contributed by atoms with Crippen molar-refractivity contribution >= 4 is 16.9 Å². The third kappa shape index (κ3) is 2.10. The van der Waals surface area contributed by atoms with Crippen molar-refractivity contribution in [3.05, 3.63) is 29.6 Å². The van der Waals surface area contributed by atoms with Gasteiger partial charge in [0, 0.05) is 6.54 Å². The SMILES string of the molecule is CCNC(=O)C(C)n1cnc2cc(C)c(C)cc21. The number of hydrogen-bond acceptors (Lipinski definition) is 2. The number of carbonyl (C=O) groups is 1.